The van der Waals surface area contributed by atoms with Gasteiger partial charge in [-0.05, 0) is 24.6 Å². The van der Waals surface area contributed by atoms with Crippen LogP contribution in [0.5, 0.6) is 5.75 Å². The Morgan fingerprint density at radius 1 is 1.13 bits per heavy atom. The molecule has 23 heavy (non-hydrogen) atoms. The van der Waals surface area contributed by atoms with Crippen molar-refractivity contribution in [3.8, 4) is 5.75 Å². The third-order valence-electron chi connectivity index (χ3n) is 3.81. The van der Waals surface area contributed by atoms with Crippen molar-refractivity contribution in [2.45, 2.75) is 13.3 Å². The van der Waals surface area contributed by atoms with Crippen molar-refractivity contribution >= 4 is 11.8 Å². The van der Waals surface area contributed by atoms with E-state index in [9.17, 15) is 9.59 Å². The predicted molar refractivity (Wildman–Crippen MR) is 86.6 cm³/mol. The maximum Gasteiger partial charge on any atom is 0.254 e. The lowest BCUT2D eigenvalue weighted by Crippen LogP contribution is -2.51. The molecular formula is C17H24N2O4. The first-order valence-electron chi connectivity index (χ1n) is 7.94. The molecule has 0 saturated carbocycles. The molecule has 1 aliphatic heterocycles. The van der Waals surface area contributed by atoms with Gasteiger partial charge >= 0.3 is 0 Å². The summed E-state index contributed by atoms with van der Waals surface area (Å²) in [6.45, 7) is 4.89. The normalized spacial score (nSPS) is 14.7. The summed E-state index contributed by atoms with van der Waals surface area (Å²) in [7, 11) is 1.58. The molecule has 0 N–H and O–H groups in total. The summed E-state index contributed by atoms with van der Waals surface area (Å²) in [5, 5.41) is 0. The SMILES string of the molecule is CCCOCC(=O)N1CCN(C(=O)c2cccc(OC)c2)CC1. The summed E-state index contributed by atoms with van der Waals surface area (Å²) in [5.41, 5.74) is 0.607. The second-order valence-corrected chi connectivity index (χ2v) is 5.46. The van der Waals surface area contributed by atoms with Crippen LogP contribution in [0.15, 0.2) is 24.3 Å². The number of methoxy groups -OCH3 is 1. The van der Waals surface area contributed by atoms with Gasteiger partial charge in [0.1, 0.15) is 12.4 Å². The minimum atomic E-state index is -0.0294. The number of carbonyl (C=O) groups is 2. The largest absolute Gasteiger partial charge is 0.497 e. The first-order valence-corrected chi connectivity index (χ1v) is 7.94. The van der Waals surface area contributed by atoms with E-state index in [1.54, 1.807) is 35.1 Å². The molecule has 0 aliphatic carbocycles. The topological polar surface area (TPSA) is 59.1 Å². The number of amides is 2. The Morgan fingerprint density at radius 3 is 2.48 bits per heavy atom. The van der Waals surface area contributed by atoms with E-state index in [1.165, 1.54) is 0 Å². The minimum absolute atomic E-state index is 0.00747. The molecule has 0 spiro atoms. The van der Waals surface area contributed by atoms with Gasteiger partial charge < -0.3 is 19.3 Å². The highest BCUT2D eigenvalue weighted by molar-refractivity contribution is 5.94. The molecule has 0 aromatic heterocycles. The van der Waals surface area contributed by atoms with Crippen LogP contribution in [0.1, 0.15) is 23.7 Å². The second kappa shape index (κ2) is 8.53. The van der Waals surface area contributed by atoms with Crippen molar-refractivity contribution in [3.05, 3.63) is 29.8 Å². The Morgan fingerprint density at radius 2 is 1.83 bits per heavy atom. The predicted octanol–water partition coefficient (Wildman–Crippen LogP) is 1.41. The molecule has 2 rings (SSSR count). The molecule has 0 unspecified atom stereocenters. The monoisotopic (exact) mass is 320 g/mol. The molecule has 1 aromatic carbocycles. The quantitative estimate of drug-likeness (QED) is 0.744. The molecular weight excluding hydrogens is 296 g/mol. The van der Waals surface area contributed by atoms with E-state index in [0.29, 0.717) is 44.1 Å². The first kappa shape index (κ1) is 17.3. The fourth-order valence-corrected chi connectivity index (χ4v) is 2.49. The Hall–Kier alpha value is -2.08. The number of rotatable bonds is 6. The standard InChI is InChI=1S/C17H24N2O4/c1-3-11-23-13-16(20)18-7-9-19(10-8-18)17(21)14-5-4-6-15(12-14)22-2/h4-6,12H,3,7-11,13H2,1-2H3. The van der Waals surface area contributed by atoms with Gasteiger partial charge in [0.25, 0.3) is 5.91 Å². The molecule has 126 valence electrons. The van der Waals surface area contributed by atoms with Gasteiger partial charge in [-0.15, -0.1) is 0 Å². The summed E-state index contributed by atoms with van der Waals surface area (Å²) in [6.07, 6.45) is 0.899. The van der Waals surface area contributed by atoms with Crippen LogP contribution in [-0.2, 0) is 9.53 Å². The zero-order valence-corrected chi connectivity index (χ0v) is 13.8. The Labute approximate surface area is 137 Å². The molecule has 2 amide bonds. The van der Waals surface area contributed by atoms with Crippen molar-refractivity contribution in [3.63, 3.8) is 0 Å². The zero-order valence-electron chi connectivity index (χ0n) is 13.8. The Bertz CT molecular complexity index is 539. The molecule has 1 aromatic rings. The number of nitrogens with zero attached hydrogens (tertiary/aromatic N) is 2. The van der Waals surface area contributed by atoms with Gasteiger partial charge in [-0.25, -0.2) is 0 Å². The van der Waals surface area contributed by atoms with Crippen LogP contribution in [0.25, 0.3) is 0 Å². The van der Waals surface area contributed by atoms with Gasteiger partial charge in [0.15, 0.2) is 0 Å². The molecule has 6 heteroatoms. The lowest BCUT2D eigenvalue weighted by atomic mass is 10.1. The van der Waals surface area contributed by atoms with Crippen molar-refractivity contribution in [2.24, 2.45) is 0 Å². The van der Waals surface area contributed by atoms with Gasteiger partial charge in [0.2, 0.25) is 5.91 Å². The number of benzene rings is 1. The maximum atomic E-state index is 12.5. The molecule has 1 saturated heterocycles. The lowest BCUT2D eigenvalue weighted by molar-refractivity contribution is -0.137. The molecule has 1 aliphatic rings. The molecule has 1 heterocycles. The van der Waals surface area contributed by atoms with Gasteiger partial charge in [-0.3, -0.25) is 9.59 Å². The van der Waals surface area contributed by atoms with E-state index in [-0.39, 0.29) is 18.4 Å². The average Bonchev–Trinajstić information content (AvgIpc) is 2.61. The van der Waals surface area contributed by atoms with Crippen LogP contribution in [0.3, 0.4) is 0 Å². The number of ether oxygens (including phenoxy) is 2. The zero-order chi connectivity index (χ0) is 16.7. The number of piperazine rings is 1. The minimum Gasteiger partial charge on any atom is -0.497 e. The van der Waals surface area contributed by atoms with Crippen molar-refractivity contribution in [1.82, 2.24) is 9.80 Å². The van der Waals surface area contributed by atoms with Gasteiger partial charge in [0, 0.05) is 38.3 Å². The Balaban J connectivity index is 1.86. The van der Waals surface area contributed by atoms with Gasteiger partial charge in [-0.1, -0.05) is 13.0 Å². The van der Waals surface area contributed by atoms with Crippen LogP contribution >= 0.6 is 0 Å². The lowest BCUT2D eigenvalue weighted by Gasteiger charge is -2.34. The van der Waals surface area contributed by atoms with Crippen molar-refractivity contribution in [1.29, 1.82) is 0 Å². The van der Waals surface area contributed by atoms with E-state index < -0.39 is 0 Å². The fraction of sp³-hybridized carbons (Fsp3) is 0.529. The summed E-state index contributed by atoms with van der Waals surface area (Å²) < 4.78 is 10.4. The average molecular weight is 320 g/mol. The van der Waals surface area contributed by atoms with Crippen LogP contribution in [0.2, 0.25) is 0 Å². The number of hydrogen-bond donors (Lipinski definition) is 0. The van der Waals surface area contributed by atoms with E-state index >= 15 is 0 Å². The van der Waals surface area contributed by atoms with Crippen molar-refractivity contribution in [2.75, 3.05) is 46.5 Å². The molecule has 1 fully saturated rings. The Kier molecular flexibility index (Phi) is 6.40. The van der Waals surface area contributed by atoms with E-state index in [4.69, 9.17) is 9.47 Å². The van der Waals surface area contributed by atoms with Gasteiger partial charge in [0.05, 0.1) is 7.11 Å². The highest BCUT2D eigenvalue weighted by Crippen LogP contribution is 2.15. The van der Waals surface area contributed by atoms with Gasteiger partial charge in [-0.2, -0.15) is 0 Å². The van der Waals surface area contributed by atoms with Crippen molar-refractivity contribution < 1.29 is 19.1 Å². The van der Waals surface area contributed by atoms with E-state index in [2.05, 4.69) is 0 Å². The summed E-state index contributed by atoms with van der Waals surface area (Å²) in [6, 6.07) is 7.13. The molecule has 0 bridgehead atoms. The second-order valence-electron chi connectivity index (χ2n) is 5.46. The first-order chi connectivity index (χ1) is 11.2. The molecule has 0 radical (unpaired) electrons. The summed E-state index contributed by atoms with van der Waals surface area (Å²) in [4.78, 5) is 28.0. The maximum absolute atomic E-state index is 12.5. The molecule has 6 nitrogen and oxygen atoms in total. The highest BCUT2D eigenvalue weighted by atomic mass is 16.5. The van der Waals surface area contributed by atoms with Crippen LogP contribution < -0.4 is 4.74 Å². The number of carbonyl (C=O) groups excluding carboxylic acids is 2. The third-order valence-corrected chi connectivity index (χ3v) is 3.81. The van der Waals surface area contributed by atoms with E-state index in [1.807, 2.05) is 13.0 Å². The van der Waals surface area contributed by atoms with Crippen LogP contribution in [0.4, 0.5) is 0 Å². The summed E-state index contributed by atoms with van der Waals surface area (Å²) >= 11 is 0. The number of hydrogen-bond acceptors (Lipinski definition) is 4. The smallest absolute Gasteiger partial charge is 0.254 e. The third kappa shape index (κ3) is 4.69. The summed E-state index contributed by atoms with van der Waals surface area (Å²) in [5.74, 6) is 0.628. The van der Waals surface area contributed by atoms with Crippen LogP contribution in [-0.4, -0.2) is 68.1 Å². The van der Waals surface area contributed by atoms with Crippen LogP contribution in [0, 0.1) is 0 Å². The van der Waals surface area contributed by atoms with E-state index in [0.717, 1.165) is 6.42 Å². The fourth-order valence-electron chi connectivity index (χ4n) is 2.49. The molecule has 0 atom stereocenters. The highest BCUT2D eigenvalue weighted by Gasteiger charge is 2.24.